The third-order valence-electron chi connectivity index (χ3n) is 2.17. The van der Waals surface area contributed by atoms with Gasteiger partial charge in [0, 0.05) is 12.4 Å². The fourth-order valence-electron chi connectivity index (χ4n) is 1.41. The molecule has 0 N–H and O–H groups in total. The highest BCUT2D eigenvalue weighted by molar-refractivity contribution is 6.37. The third kappa shape index (κ3) is 1.78. The summed E-state index contributed by atoms with van der Waals surface area (Å²) in [6, 6.07) is 0. The Morgan fingerprint density at radius 2 is 1.72 bits per heavy atom. The maximum Gasteiger partial charge on any atom is 0.255 e. The van der Waals surface area contributed by atoms with Crippen LogP contribution in [0.25, 0.3) is 17.2 Å². The van der Waals surface area contributed by atoms with Crippen LogP contribution in [0.4, 0.5) is 0 Å². The van der Waals surface area contributed by atoms with Crippen molar-refractivity contribution in [1.82, 2.24) is 29.5 Å². The van der Waals surface area contributed by atoms with Crippen LogP contribution in [0.2, 0.25) is 15.3 Å². The summed E-state index contributed by atoms with van der Waals surface area (Å²) in [6.07, 6.45) is 4.22. The number of rotatable bonds is 1. The lowest BCUT2D eigenvalue weighted by molar-refractivity contribution is 0.938. The molecule has 0 atom stereocenters. The van der Waals surface area contributed by atoms with Gasteiger partial charge < -0.3 is 0 Å². The van der Waals surface area contributed by atoms with Crippen molar-refractivity contribution in [3.05, 3.63) is 34.0 Å². The first-order valence-electron chi connectivity index (χ1n) is 4.69. The number of fused-ring (bicyclic) bond motifs is 1. The van der Waals surface area contributed by atoms with E-state index in [9.17, 15) is 0 Å². The largest absolute Gasteiger partial charge is 0.255 e. The predicted octanol–water partition coefficient (Wildman–Crippen LogP) is 2.54. The van der Waals surface area contributed by atoms with Crippen LogP contribution in [0, 0.1) is 0 Å². The van der Waals surface area contributed by atoms with Crippen molar-refractivity contribution in [2.24, 2.45) is 0 Å². The molecule has 0 radical (unpaired) electrons. The van der Waals surface area contributed by atoms with Gasteiger partial charge in [0.2, 0.25) is 0 Å². The SMILES string of the molecule is Clc1cnc(-c2c(Cl)nc3ncnn3c2Cl)nc1. The molecule has 0 unspecified atom stereocenters. The van der Waals surface area contributed by atoms with Crippen molar-refractivity contribution in [1.29, 1.82) is 0 Å². The average Bonchev–Trinajstić information content (AvgIpc) is 2.80. The maximum atomic E-state index is 6.19. The molecular formula is C9H3Cl3N6. The fourth-order valence-corrected chi connectivity index (χ4v) is 2.10. The van der Waals surface area contributed by atoms with E-state index >= 15 is 0 Å². The molecule has 0 aromatic carbocycles. The molecule has 0 spiro atoms. The van der Waals surface area contributed by atoms with E-state index in [1.165, 1.54) is 23.2 Å². The monoisotopic (exact) mass is 300 g/mol. The van der Waals surface area contributed by atoms with Crippen LogP contribution in [0.3, 0.4) is 0 Å². The first kappa shape index (κ1) is 11.6. The highest BCUT2D eigenvalue weighted by Crippen LogP contribution is 2.31. The topological polar surface area (TPSA) is 68.9 Å². The van der Waals surface area contributed by atoms with Gasteiger partial charge in [-0.25, -0.2) is 9.97 Å². The standard InChI is InChI=1S/C9H3Cl3N6/c10-4-1-13-8(14-2-4)5-6(11)17-9-15-3-16-18(9)7(5)12/h1-3H. The molecule has 3 heterocycles. The number of aromatic nitrogens is 6. The summed E-state index contributed by atoms with van der Waals surface area (Å²) in [5.41, 5.74) is 0.382. The van der Waals surface area contributed by atoms with Gasteiger partial charge in [-0.3, -0.25) is 0 Å². The Labute approximate surface area is 116 Å². The molecule has 18 heavy (non-hydrogen) atoms. The van der Waals surface area contributed by atoms with Crippen LogP contribution < -0.4 is 0 Å². The fraction of sp³-hybridized carbons (Fsp3) is 0. The normalized spacial score (nSPS) is 11.1. The van der Waals surface area contributed by atoms with E-state index in [-0.39, 0.29) is 10.3 Å². The summed E-state index contributed by atoms with van der Waals surface area (Å²) in [5, 5.41) is 4.75. The minimum atomic E-state index is 0.155. The van der Waals surface area contributed by atoms with Gasteiger partial charge in [0.1, 0.15) is 16.6 Å². The molecule has 90 valence electrons. The van der Waals surface area contributed by atoms with Crippen molar-refractivity contribution in [3.8, 4) is 11.4 Å². The van der Waals surface area contributed by atoms with Gasteiger partial charge in [0.05, 0.1) is 10.6 Å². The molecule has 0 aliphatic heterocycles. The Balaban J connectivity index is 2.30. The Bertz CT molecular complexity index is 723. The van der Waals surface area contributed by atoms with Crippen molar-refractivity contribution < 1.29 is 0 Å². The molecule has 0 aliphatic rings. The molecule has 0 saturated heterocycles. The second-order valence-corrected chi connectivity index (χ2v) is 4.42. The Morgan fingerprint density at radius 1 is 1.00 bits per heavy atom. The summed E-state index contributed by atoms with van der Waals surface area (Å²) in [7, 11) is 0. The molecule has 0 saturated carbocycles. The molecule has 9 heteroatoms. The Hall–Kier alpha value is -1.50. The van der Waals surface area contributed by atoms with E-state index < -0.39 is 0 Å². The van der Waals surface area contributed by atoms with Crippen LogP contribution in [-0.4, -0.2) is 29.5 Å². The van der Waals surface area contributed by atoms with Crippen molar-refractivity contribution >= 4 is 40.6 Å². The lowest BCUT2D eigenvalue weighted by atomic mass is 10.3. The summed E-state index contributed by atoms with van der Waals surface area (Å²) in [4.78, 5) is 16.0. The van der Waals surface area contributed by atoms with E-state index in [2.05, 4.69) is 25.0 Å². The second kappa shape index (κ2) is 4.31. The van der Waals surface area contributed by atoms with Gasteiger partial charge in [-0.1, -0.05) is 34.8 Å². The molecule has 3 rings (SSSR count). The molecule has 0 fully saturated rings. The predicted molar refractivity (Wildman–Crippen MR) is 66.8 cm³/mol. The average molecular weight is 302 g/mol. The minimum Gasteiger partial charge on any atom is -0.235 e. The highest BCUT2D eigenvalue weighted by atomic mass is 35.5. The molecule has 3 aromatic heterocycles. The van der Waals surface area contributed by atoms with Crippen molar-refractivity contribution in [2.75, 3.05) is 0 Å². The van der Waals surface area contributed by atoms with Crippen LogP contribution in [0.1, 0.15) is 0 Å². The van der Waals surface area contributed by atoms with Crippen LogP contribution >= 0.6 is 34.8 Å². The van der Waals surface area contributed by atoms with E-state index in [0.29, 0.717) is 22.2 Å². The highest BCUT2D eigenvalue weighted by Gasteiger charge is 2.17. The van der Waals surface area contributed by atoms with Gasteiger partial charge in [-0.05, 0) is 0 Å². The second-order valence-electron chi connectivity index (χ2n) is 3.27. The molecule has 6 nitrogen and oxygen atoms in total. The van der Waals surface area contributed by atoms with Gasteiger partial charge in [-0.2, -0.15) is 19.6 Å². The summed E-state index contributed by atoms with van der Waals surface area (Å²) < 4.78 is 1.35. The Kier molecular flexibility index (Phi) is 2.77. The Morgan fingerprint density at radius 3 is 2.44 bits per heavy atom. The summed E-state index contributed by atoms with van der Waals surface area (Å²) in [6.45, 7) is 0. The number of halogens is 3. The lowest BCUT2D eigenvalue weighted by Crippen LogP contribution is -1.99. The molecule has 0 amide bonds. The summed E-state index contributed by atoms with van der Waals surface area (Å²) in [5.74, 6) is 0.627. The van der Waals surface area contributed by atoms with Gasteiger partial charge >= 0.3 is 0 Å². The maximum absolute atomic E-state index is 6.19. The van der Waals surface area contributed by atoms with Crippen molar-refractivity contribution in [3.63, 3.8) is 0 Å². The van der Waals surface area contributed by atoms with E-state index in [0.717, 1.165) is 0 Å². The van der Waals surface area contributed by atoms with Crippen LogP contribution in [-0.2, 0) is 0 Å². The van der Waals surface area contributed by atoms with Gasteiger partial charge in [0.25, 0.3) is 5.78 Å². The molecule has 0 aliphatic carbocycles. The number of nitrogens with zero attached hydrogens (tertiary/aromatic N) is 6. The zero-order valence-corrected chi connectivity index (χ0v) is 10.8. The first-order chi connectivity index (χ1) is 8.66. The first-order valence-corrected chi connectivity index (χ1v) is 5.83. The van der Waals surface area contributed by atoms with Crippen molar-refractivity contribution in [2.45, 2.75) is 0 Å². The zero-order valence-electron chi connectivity index (χ0n) is 8.55. The lowest BCUT2D eigenvalue weighted by Gasteiger charge is -2.05. The quantitative estimate of drug-likeness (QED) is 0.646. The van der Waals surface area contributed by atoms with Crippen LogP contribution in [0.5, 0.6) is 0 Å². The smallest absolute Gasteiger partial charge is 0.235 e. The minimum absolute atomic E-state index is 0.155. The number of hydrogen-bond donors (Lipinski definition) is 0. The van der Waals surface area contributed by atoms with E-state index in [1.54, 1.807) is 0 Å². The van der Waals surface area contributed by atoms with Crippen LogP contribution in [0.15, 0.2) is 18.7 Å². The van der Waals surface area contributed by atoms with Gasteiger partial charge in [-0.15, -0.1) is 0 Å². The molecular weight excluding hydrogens is 298 g/mol. The van der Waals surface area contributed by atoms with E-state index in [1.807, 2.05) is 0 Å². The molecule has 3 aromatic rings. The van der Waals surface area contributed by atoms with E-state index in [4.69, 9.17) is 34.8 Å². The zero-order chi connectivity index (χ0) is 12.7. The third-order valence-corrected chi connectivity index (χ3v) is 2.99. The molecule has 0 bridgehead atoms. The van der Waals surface area contributed by atoms with Gasteiger partial charge in [0.15, 0.2) is 5.82 Å². The summed E-state index contributed by atoms with van der Waals surface area (Å²) >= 11 is 18.0. The number of hydrogen-bond acceptors (Lipinski definition) is 5.